The Labute approximate surface area is 205 Å². The van der Waals surface area contributed by atoms with E-state index in [1.165, 1.54) is 0 Å². The third kappa shape index (κ3) is 5.43. The molecular formula is C27H32N4O4. The van der Waals surface area contributed by atoms with Crippen LogP contribution >= 0.6 is 0 Å². The van der Waals surface area contributed by atoms with Crippen molar-refractivity contribution in [3.63, 3.8) is 0 Å². The second-order valence-corrected chi connectivity index (χ2v) is 8.86. The van der Waals surface area contributed by atoms with Gasteiger partial charge in [0.15, 0.2) is 0 Å². The molecule has 1 fully saturated rings. The smallest absolute Gasteiger partial charge is 0.306 e. The molecule has 35 heavy (non-hydrogen) atoms. The fraction of sp³-hybridized carbons (Fsp3) is 0.407. The fourth-order valence-corrected chi connectivity index (χ4v) is 4.50. The highest BCUT2D eigenvalue weighted by atomic mass is 16.5. The van der Waals surface area contributed by atoms with Gasteiger partial charge in [-0.25, -0.2) is 4.98 Å². The van der Waals surface area contributed by atoms with Gasteiger partial charge in [-0.05, 0) is 45.0 Å². The van der Waals surface area contributed by atoms with Gasteiger partial charge in [0.25, 0.3) is 5.56 Å². The molecule has 0 aliphatic carbocycles. The van der Waals surface area contributed by atoms with E-state index < -0.39 is 0 Å². The first-order chi connectivity index (χ1) is 16.9. The molecule has 0 bridgehead atoms. The predicted octanol–water partition coefficient (Wildman–Crippen LogP) is 3.24. The third-order valence-corrected chi connectivity index (χ3v) is 6.53. The minimum Gasteiger partial charge on any atom is -0.466 e. The van der Waals surface area contributed by atoms with E-state index in [2.05, 4.69) is 11.8 Å². The Kier molecular flexibility index (Phi) is 7.60. The monoisotopic (exact) mass is 476 g/mol. The van der Waals surface area contributed by atoms with Crippen LogP contribution in [-0.4, -0.2) is 64.0 Å². The summed E-state index contributed by atoms with van der Waals surface area (Å²) in [5, 5.41) is 0.584. The number of rotatable bonds is 7. The van der Waals surface area contributed by atoms with Crippen LogP contribution in [0.3, 0.4) is 0 Å². The minimum atomic E-state index is -0.343. The highest BCUT2D eigenvalue weighted by Crippen LogP contribution is 2.24. The van der Waals surface area contributed by atoms with E-state index in [1.807, 2.05) is 55.5 Å². The summed E-state index contributed by atoms with van der Waals surface area (Å²) in [5.41, 5.74) is 2.49. The molecule has 1 amide bonds. The number of benzene rings is 2. The van der Waals surface area contributed by atoms with E-state index in [0.717, 1.165) is 11.3 Å². The molecule has 2 aromatic carbocycles. The molecule has 3 aromatic rings. The summed E-state index contributed by atoms with van der Waals surface area (Å²) < 4.78 is 6.63. The first-order valence-corrected chi connectivity index (χ1v) is 12.1. The number of nitrogens with zero attached hydrogens (tertiary/aromatic N) is 4. The largest absolute Gasteiger partial charge is 0.466 e. The Morgan fingerprint density at radius 3 is 2.37 bits per heavy atom. The van der Waals surface area contributed by atoms with Gasteiger partial charge in [-0.3, -0.25) is 23.9 Å². The van der Waals surface area contributed by atoms with E-state index >= 15 is 0 Å². The second kappa shape index (κ2) is 10.8. The van der Waals surface area contributed by atoms with Gasteiger partial charge in [0.05, 0.1) is 35.7 Å². The molecule has 184 valence electrons. The van der Waals surface area contributed by atoms with E-state index in [1.54, 1.807) is 16.4 Å². The SMILES string of the molecule is CCOC(=O)CCC(=O)N1CCN(C(C)c2nc3ccccc3c(=O)n2-c2ccc(C)cc2)CC1. The van der Waals surface area contributed by atoms with Crippen molar-refractivity contribution in [1.29, 1.82) is 0 Å². The molecule has 1 aliphatic heterocycles. The van der Waals surface area contributed by atoms with Crippen molar-refractivity contribution in [3.05, 3.63) is 70.3 Å². The standard InChI is InChI=1S/C27H32N4O4/c1-4-35-25(33)14-13-24(32)30-17-15-29(16-18-30)20(3)26-28-23-8-6-5-7-22(23)27(34)31(26)21-11-9-19(2)10-12-21/h5-12,20H,4,13-18H2,1-3H3. The zero-order valence-corrected chi connectivity index (χ0v) is 20.6. The molecule has 2 heterocycles. The van der Waals surface area contributed by atoms with Gasteiger partial charge in [0.2, 0.25) is 5.91 Å². The molecule has 1 aliphatic rings. The van der Waals surface area contributed by atoms with Crippen LogP contribution in [0, 0.1) is 6.92 Å². The van der Waals surface area contributed by atoms with Gasteiger partial charge in [-0.1, -0.05) is 29.8 Å². The number of fused-ring (bicyclic) bond motifs is 1. The van der Waals surface area contributed by atoms with Gasteiger partial charge < -0.3 is 9.64 Å². The molecule has 4 rings (SSSR count). The highest BCUT2D eigenvalue weighted by Gasteiger charge is 2.28. The van der Waals surface area contributed by atoms with E-state index in [0.29, 0.717) is 49.5 Å². The lowest BCUT2D eigenvalue weighted by Crippen LogP contribution is -2.50. The topological polar surface area (TPSA) is 84.7 Å². The number of piperazine rings is 1. The van der Waals surface area contributed by atoms with Crippen molar-refractivity contribution in [1.82, 2.24) is 19.4 Å². The Hall–Kier alpha value is -3.52. The molecule has 1 unspecified atom stereocenters. The average molecular weight is 477 g/mol. The van der Waals surface area contributed by atoms with Crippen LogP contribution in [-0.2, 0) is 14.3 Å². The Morgan fingerprint density at radius 1 is 1.00 bits per heavy atom. The summed E-state index contributed by atoms with van der Waals surface area (Å²) >= 11 is 0. The van der Waals surface area contributed by atoms with E-state index in [-0.39, 0.29) is 36.3 Å². The molecule has 1 aromatic heterocycles. The first kappa shape index (κ1) is 24.6. The van der Waals surface area contributed by atoms with Crippen LogP contribution in [0.15, 0.2) is 53.3 Å². The van der Waals surface area contributed by atoms with Crippen LogP contribution in [0.4, 0.5) is 0 Å². The molecule has 1 saturated heterocycles. The van der Waals surface area contributed by atoms with Gasteiger partial charge >= 0.3 is 5.97 Å². The summed E-state index contributed by atoms with van der Waals surface area (Å²) in [6.45, 7) is 8.58. The second-order valence-electron chi connectivity index (χ2n) is 8.86. The highest BCUT2D eigenvalue weighted by molar-refractivity contribution is 5.81. The number of ether oxygens (including phenoxy) is 1. The van der Waals surface area contributed by atoms with E-state index in [4.69, 9.17) is 9.72 Å². The molecule has 8 heteroatoms. The maximum atomic E-state index is 13.6. The molecule has 1 atom stereocenters. The lowest BCUT2D eigenvalue weighted by molar-refractivity contribution is -0.146. The predicted molar refractivity (Wildman–Crippen MR) is 135 cm³/mol. The Balaban J connectivity index is 1.55. The maximum absolute atomic E-state index is 13.6. The number of hydrogen-bond acceptors (Lipinski definition) is 6. The van der Waals surface area contributed by atoms with Crippen molar-refractivity contribution in [3.8, 4) is 5.69 Å². The number of carbonyl (C=O) groups excluding carboxylic acids is 2. The Bertz CT molecular complexity index is 1260. The summed E-state index contributed by atoms with van der Waals surface area (Å²) in [5.74, 6) is 0.301. The van der Waals surface area contributed by atoms with E-state index in [9.17, 15) is 14.4 Å². The average Bonchev–Trinajstić information content (AvgIpc) is 2.88. The van der Waals surface area contributed by atoms with Gasteiger partial charge in [0.1, 0.15) is 5.82 Å². The van der Waals surface area contributed by atoms with Crippen molar-refractivity contribution in [2.45, 2.75) is 39.7 Å². The van der Waals surface area contributed by atoms with Gasteiger partial charge in [0, 0.05) is 32.6 Å². The maximum Gasteiger partial charge on any atom is 0.306 e. The van der Waals surface area contributed by atoms with Gasteiger partial charge in [-0.15, -0.1) is 0 Å². The lowest BCUT2D eigenvalue weighted by atomic mass is 10.1. The van der Waals surface area contributed by atoms with Crippen molar-refractivity contribution in [2.75, 3.05) is 32.8 Å². The molecule has 0 saturated carbocycles. The molecule has 8 nitrogen and oxygen atoms in total. The fourth-order valence-electron chi connectivity index (χ4n) is 4.50. The molecular weight excluding hydrogens is 444 g/mol. The molecule has 0 N–H and O–H groups in total. The number of para-hydroxylation sites is 1. The summed E-state index contributed by atoms with van der Waals surface area (Å²) in [6, 6.07) is 15.2. The number of carbonyl (C=O) groups is 2. The number of aromatic nitrogens is 2. The summed E-state index contributed by atoms with van der Waals surface area (Å²) in [7, 11) is 0. The number of aryl methyl sites for hydroxylation is 1. The number of hydrogen-bond donors (Lipinski definition) is 0. The summed E-state index contributed by atoms with van der Waals surface area (Å²) in [4.78, 5) is 46.6. The zero-order chi connectivity index (χ0) is 24.9. The quantitative estimate of drug-likeness (QED) is 0.487. The molecule has 0 spiro atoms. The van der Waals surface area contributed by atoms with Crippen LogP contribution in [0.1, 0.15) is 44.1 Å². The first-order valence-electron chi connectivity index (χ1n) is 12.1. The third-order valence-electron chi connectivity index (χ3n) is 6.53. The molecule has 0 radical (unpaired) electrons. The van der Waals surface area contributed by atoms with Crippen LogP contribution < -0.4 is 5.56 Å². The number of amides is 1. The van der Waals surface area contributed by atoms with Crippen molar-refractivity contribution in [2.24, 2.45) is 0 Å². The minimum absolute atomic E-state index is 0.0363. The van der Waals surface area contributed by atoms with Crippen LogP contribution in [0.5, 0.6) is 0 Å². The van der Waals surface area contributed by atoms with Crippen molar-refractivity contribution < 1.29 is 14.3 Å². The lowest BCUT2D eigenvalue weighted by Gasteiger charge is -2.38. The van der Waals surface area contributed by atoms with Gasteiger partial charge in [-0.2, -0.15) is 0 Å². The Morgan fingerprint density at radius 2 is 1.69 bits per heavy atom. The normalized spacial score (nSPS) is 15.2. The van der Waals surface area contributed by atoms with Crippen LogP contribution in [0.2, 0.25) is 0 Å². The van der Waals surface area contributed by atoms with Crippen LogP contribution in [0.25, 0.3) is 16.6 Å². The zero-order valence-electron chi connectivity index (χ0n) is 20.6. The summed E-state index contributed by atoms with van der Waals surface area (Å²) in [6.07, 6.45) is 0.265. The number of esters is 1. The van der Waals surface area contributed by atoms with Crippen molar-refractivity contribution >= 4 is 22.8 Å².